The Morgan fingerprint density at radius 1 is 1.37 bits per heavy atom. The normalized spacial score (nSPS) is 10.3. The van der Waals surface area contributed by atoms with Gasteiger partial charge in [0.05, 0.1) is 6.54 Å². The minimum absolute atomic E-state index is 0.0228. The molecular formula is C14H21N3OS. The summed E-state index contributed by atoms with van der Waals surface area (Å²) in [6.07, 6.45) is 0. The van der Waals surface area contributed by atoms with Crippen LogP contribution in [0.5, 0.6) is 0 Å². The third kappa shape index (κ3) is 5.26. The average molecular weight is 279 g/mol. The molecule has 0 fully saturated rings. The van der Waals surface area contributed by atoms with Gasteiger partial charge in [0.1, 0.15) is 4.99 Å². The molecule has 0 radical (unpaired) electrons. The summed E-state index contributed by atoms with van der Waals surface area (Å²) in [5.41, 5.74) is 7.33. The maximum absolute atomic E-state index is 11.7. The standard InChI is InChI=1S/C14H21N3OS/c1-10(2)8-16-13(18)9-17(3)12-6-4-11(5-7-12)14(15)19/h4-7,10H,8-9H2,1-3H3,(H2,15,19)(H,16,18). The van der Waals surface area contributed by atoms with Crippen LogP contribution in [0, 0.1) is 5.92 Å². The molecule has 0 aliphatic rings. The van der Waals surface area contributed by atoms with Gasteiger partial charge in [0.15, 0.2) is 0 Å². The average Bonchev–Trinajstić information content (AvgIpc) is 2.36. The fourth-order valence-electron chi connectivity index (χ4n) is 1.56. The number of hydrogen-bond acceptors (Lipinski definition) is 3. The Morgan fingerprint density at radius 3 is 2.42 bits per heavy atom. The lowest BCUT2D eigenvalue weighted by molar-refractivity contribution is -0.119. The van der Waals surface area contributed by atoms with Gasteiger partial charge in [-0.25, -0.2) is 0 Å². The van der Waals surface area contributed by atoms with Crippen molar-refractivity contribution >= 4 is 28.8 Å². The van der Waals surface area contributed by atoms with Crippen molar-refractivity contribution in [2.45, 2.75) is 13.8 Å². The summed E-state index contributed by atoms with van der Waals surface area (Å²) in [5.74, 6) is 0.480. The Morgan fingerprint density at radius 2 is 1.95 bits per heavy atom. The van der Waals surface area contributed by atoms with Gasteiger partial charge in [-0.2, -0.15) is 0 Å². The Hall–Kier alpha value is -1.62. The van der Waals surface area contributed by atoms with E-state index in [-0.39, 0.29) is 5.91 Å². The van der Waals surface area contributed by atoms with E-state index in [1.54, 1.807) is 0 Å². The van der Waals surface area contributed by atoms with Crippen LogP contribution < -0.4 is 16.0 Å². The Labute approximate surface area is 120 Å². The lowest BCUT2D eigenvalue weighted by atomic mass is 10.2. The Bertz CT molecular complexity index is 443. The van der Waals surface area contributed by atoms with Crippen molar-refractivity contribution in [3.8, 4) is 0 Å². The SMILES string of the molecule is CC(C)CNC(=O)CN(C)c1ccc(C(N)=S)cc1. The summed E-state index contributed by atoms with van der Waals surface area (Å²) in [6.45, 7) is 5.17. The van der Waals surface area contributed by atoms with Gasteiger partial charge < -0.3 is 16.0 Å². The molecule has 0 saturated heterocycles. The topological polar surface area (TPSA) is 58.4 Å². The predicted octanol–water partition coefficient (Wildman–Crippen LogP) is 1.53. The Balaban J connectivity index is 2.55. The third-order valence-corrected chi connectivity index (χ3v) is 2.92. The minimum atomic E-state index is 0.0228. The number of rotatable bonds is 6. The second-order valence-corrected chi connectivity index (χ2v) is 5.40. The van der Waals surface area contributed by atoms with Crippen LogP contribution in [0.1, 0.15) is 19.4 Å². The predicted molar refractivity (Wildman–Crippen MR) is 83.4 cm³/mol. The zero-order chi connectivity index (χ0) is 14.4. The van der Waals surface area contributed by atoms with Gasteiger partial charge in [0.2, 0.25) is 5.91 Å². The second kappa shape index (κ2) is 7.09. The zero-order valence-corrected chi connectivity index (χ0v) is 12.5. The van der Waals surface area contributed by atoms with Crippen molar-refractivity contribution in [2.24, 2.45) is 11.7 Å². The summed E-state index contributed by atoms with van der Waals surface area (Å²) < 4.78 is 0. The highest BCUT2D eigenvalue weighted by Gasteiger charge is 2.08. The Kier molecular flexibility index (Phi) is 5.76. The molecule has 0 aliphatic heterocycles. The fourth-order valence-corrected chi connectivity index (χ4v) is 1.70. The maximum Gasteiger partial charge on any atom is 0.239 e. The molecule has 1 aromatic carbocycles. The molecule has 0 saturated carbocycles. The molecule has 0 unspecified atom stereocenters. The van der Waals surface area contributed by atoms with Crippen molar-refractivity contribution < 1.29 is 4.79 Å². The van der Waals surface area contributed by atoms with E-state index in [9.17, 15) is 4.79 Å². The van der Waals surface area contributed by atoms with Crippen LogP contribution in [-0.4, -0.2) is 31.0 Å². The van der Waals surface area contributed by atoms with Gasteiger partial charge in [-0.1, -0.05) is 26.1 Å². The number of nitrogens with zero attached hydrogens (tertiary/aromatic N) is 1. The number of nitrogens with one attached hydrogen (secondary N) is 1. The summed E-state index contributed by atoms with van der Waals surface area (Å²) in [7, 11) is 1.88. The molecule has 0 aliphatic carbocycles. The number of benzene rings is 1. The molecule has 0 atom stereocenters. The molecule has 1 amide bonds. The van der Waals surface area contributed by atoms with Gasteiger partial charge >= 0.3 is 0 Å². The van der Waals surface area contributed by atoms with Crippen LogP contribution in [0.25, 0.3) is 0 Å². The van der Waals surface area contributed by atoms with Crippen molar-refractivity contribution in [2.75, 3.05) is 25.0 Å². The van der Waals surface area contributed by atoms with Crippen LogP contribution in [0.2, 0.25) is 0 Å². The monoisotopic (exact) mass is 279 g/mol. The summed E-state index contributed by atoms with van der Waals surface area (Å²) >= 11 is 4.90. The van der Waals surface area contributed by atoms with Crippen molar-refractivity contribution in [1.29, 1.82) is 0 Å². The molecule has 0 bridgehead atoms. The highest BCUT2D eigenvalue weighted by molar-refractivity contribution is 7.80. The molecule has 1 aromatic rings. The molecule has 3 N–H and O–H groups in total. The van der Waals surface area contributed by atoms with Crippen molar-refractivity contribution in [3.63, 3.8) is 0 Å². The summed E-state index contributed by atoms with van der Waals surface area (Å²) in [5, 5.41) is 2.89. The van der Waals surface area contributed by atoms with E-state index in [4.69, 9.17) is 18.0 Å². The minimum Gasteiger partial charge on any atom is -0.389 e. The highest BCUT2D eigenvalue weighted by Crippen LogP contribution is 2.13. The number of likely N-dealkylation sites (N-methyl/N-ethyl adjacent to an activating group) is 1. The van der Waals surface area contributed by atoms with Crippen LogP contribution in [0.15, 0.2) is 24.3 Å². The first kappa shape index (κ1) is 15.4. The first-order valence-electron chi connectivity index (χ1n) is 6.28. The third-order valence-electron chi connectivity index (χ3n) is 2.68. The van der Waals surface area contributed by atoms with E-state index in [2.05, 4.69) is 19.2 Å². The largest absolute Gasteiger partial charge is 0.389 e. The first-order valence-corrected chi connectivity index (χ1v) is 6.68. The van der Waals surface area contributed by atoms with E-state index < -0.39 is 0 Å². The van der Waals surface area contributed by atoms with E-state index in [0.717, 1.165) is 11.3 Å². The number of carbonyl (C=O) groups is 1. The molecular weight excluding hydrogens is 258 g/mol. The maximum atomic E-state index is 11.7. The second-order valence-electron chi connectivity index (χ2n) is 4.97. The molecule has 1 rings (SSSR count). The fraction of sp³-hybridized carbons (Fsp3) is 0.429. The zero-order valence-electron chi connectivity index (χ0n) is 11.6. The number of thiocarbonyl (C=S) groups is 1. The van der Waals surface area contributed by atoms with Crippen LogP contribution in [0.4, 0.5) is 5.69 Å². The number of amides is 1. The molecule has 0 heterocycles. The number of hydrogen-bond donors (Lipinski definition) is 2. The van der Waals surface area contributed by atoms with E-state index in [0.29, 0.717) is 24.0 Å². The van der Waals surface area contributed by atoms with Crippen molar-refractivity contribution in [1.82, 2.24) is 5.32 Å². The summed E-state index contributed by atoms with van der Waals surface area (Å²) in [4.78, 5) is 14.0. The lowest BCUT2D eigenvalue weighted by Gasteiger charge is -2.19. The van der Waals surface area contributed by atoms with Crippen LogP contribution >= 0.6 is 12.2 Å². The van der Waals surface area contributed by atoms with E-state index in [1.807, 2.05) is 36.2 Å². The molecule has 4 nitrogen and oxygen atoms in total. The molecule has 5 heteroatoms. The molecule has 19 heavy (non-hydrogen) atoms. The quantitative estimate of drug-likeness (QED) is 0.775. The smallest absolute Gasteiger partial charge is 0.239 e. The number of carbonyl (C=O) groups excluding carboxylic acids is 1. The van der Waals surface area contributed by atoms with Gasteiger partial charge in [-0.05, 0) is 30.2 Å². The van der Waals surface area contributed by atoms with Crippen LogP contribution in [0.3, 0.4) is 0 Å². The van der Waals surface area contributed by atoms with E-state index in [1.165, 1.54) is 0 Å². The van der Waals surface area contributed by atoms with Gasteiger partial charge in [0, 0.05) is 24.8 Å². The van der Waals surface area contributed by atoms with Crippen molar-refractivity contribution in [3.05, 3.63) is 29.8 Å². The number of anilines is 1. The van der Waals surface area contributed by atoms with Gasteiger partial charge in [-0.15, -0.1) is 0 Å². The lowest BCUT2D eigenvalue weighted by Crippen LogP contribution is -2.36. The summed E-state index contributed by atoms with van der Waals surface area (Å²) in [6, 6.07) is 7.54. The van der Waals surface area contributed by atoms with Gasteiger partial charge in [-0.3, -0.25) is 4.79 Å². The first-order chi connectivity index (χ1) is 8.90. The number of nitrogens with two attached hydrogens (primary N) is 1. The van der Waals surface area contributed by atoms with E-state index >= 15 is 0 Å². The molecule has 0 spiro atoms. The molecule has 0 aromatic heterocycles. The van der Waals surface area contributed by atoms with Gasteiger partial charge in [0.25, 0.3) is 0 Å². The molecule has 104 valence electrons. The highest BCUT2D eigenvalue weighted by atomic mass is 32.1. The van der Waals surface area contributed by atoms with Crippen LogP contribution in [-0.2, 0) is 4.79 Å².